The largest absolute Gasteiger partial charge is 0.480 e. The average molecular weight is 267 g/mol. The summed E-state index contributed by atoms with van der Waals surface area (Å²) >= 11 is 0. The molecule has 3 N–H and O–H groups in total. The van der Waals surface area contributed by atoms with Crippen LogP contribution in [-0.4, -0.2) is 51.2 Å². The van der Waals surface area contributed by atoms with E-state index in [1.165, 1.54) is 12.1 Å². The van der Waals surface area contributed by atoms with E-state index in [0.29, 0.717) is 4.90 Å². The SMILES string of the molecule is O=C(O)CN(CC(=O)O)C(=O)C(O)c1ccccc1. The van der Waals surface area contributed by atoms with Gasteiger partial charge in [0.25, 0.3) is 5.91 Å². The predicted octanol–water partition coefficient (Wildman–Crippen LogP) is -0.282. The molecule has 0 aliphatic rings. The maximum atomic E-state index is 11.9. The summed E-state index contributed by atoms with van der Waals surface area (Å²) in [7, 11) is 0. The van der Waals surface area contributed by atoms with Gasteiger partial charge in [-0.1, -0.05) is 30.3 Å². The van der Waals surface area contributed by atoms with Gasteiger partial charge in [-0.25, -0.2) is 0 Å². The summed E-state index contributed by atoms with van der Waals surface area (Å²) in [5, 5.41) is 27.1. The molecule has 1 atom stereocenters. The van der Waals surface area contributed by atoms with E-state index in [-0.39, 0.29) is 5.56 Å². The van der Waals surface area contributed by atoms with Gasteiger partial charge in [0.2, 0.25) is 0 Å². The Labute approximate surface area is 108 Å². The quantitative estimate of drug-likeness (QED) is 0.652. The fourth-order valence-electron chi connectivity index (χ4n) is 1.49. The van der Waals surface area contributed by atoms with Crippen LogP contribution in [0.4, 0.5) is 0 Å². The number of benzene rings is 1. The van der Waals surface area contributed by atoms with Gasteiger partial charge in [-0.15, -0.1) is 0 Å². The van der Waals surface area contributed by atoms with E-state index in [1.807, 2.05) is 0 Å². The number of aliphatic carboxylic acids is 2. The summed E-state index contributed by atoms with van der Waals surface area (Å²) in [5.74, 6) is -3.67. The van der Waals surface area contributed by atoms with Gasteiger partial charge in [-0.05, 0) is 5.56 Å². The zero-order valence-electron chi connectivity index (χ0n) is 9.89. The van der Waals surface area contributed by atoms with Gasteiger partial charge in [0.05, 0.1) is 0 Å². The molecule has 0 fully saturated rings. The van der Waals surface area contributed by atoms with Crippen molar-refractivity contribution < 1.29 is 29.7 Å². The number of aliphatic hydroxyl groups excluding tert-OH is 1. The Bertz CT molecular complexity index is 456. The molecule has 19 heavy (non-hydrogen) atoms. The molecule has 0 aliphatic carbocycles. The van der Waals surface area contributed by atoms with Gasteiger partial charge in [0, 0.05) is 0 Å². The second-order valence-corrected chi connectivity index (χ2v) is 3.79. The first-order valence-electron chi connectivity index (χ1n) is 5.37. The standard InChI is InChI=1S/C12H13NO6/c14-9(15)6-13(7-10(16)17)12(19)11(18)8-4-2-1-3-5-8/h1-5,11,18H,6-7H2,(H,14,15)(H,16,17). The highest BCUT2D eigenvalue weighted by Gasteiger charge is 2.26. The van der Waals surface area contributed by atoms with Gasteiger partial charge in [0.1, 0.15) is 13.1 Å². The fourth-order valence-corrected chi connectivity index (χ4v) is 1.49. The minimum atomic E-state index is -1.58. The molecular weight excluding hydrogens is 254 g/mol. The molecule has 1 aromatic carbocycles. The Kier molecular flexibility index (Phi) is 5.01. The van der Waals surface area contributed by atoms with Crippen LogP contribution in [0.2, 0.25) is 0 Å². The minimum absolute atomic E-state index is 0.272. The second kappa shape index (κ2) is 6.50. The zero-order chi connectivity index (χ0) is 14.4. The Morgan fingerprint density at radius 1 is 1.00 bits per heavy atom. The average Bonchev–Trinajstić information content (AvgIpc) is 2.36. The summed E-state index contributed by atoms with van der Waals surface area (Å²) < 4.78 is 0. The van der Waals surface area contributed by atoms with Gasteiger partial charge in [-0.2, -0.15) is 0 Å². The normalized spacial score (nSPS) is 11.6. The number of rotatable bonds is 6. The molecule has 1 aromatic rings. The molecule has 0 radical (unpaired) electrons. The highest BCUT2D eigenvalue weighted by molar-refractivity contribution is 5.88. The molecule has 0 aliphatic heterocycles. The van der Waals surface area contributed by atoms with E-state index >= 15 is 0 Å². The molecule has 1 unspecified atom stereocenters. The number of hydrogen-bond acceptors (Lipinski definition) is 4. The highest BCUT2D eigenvalue weighted by atomic mass is 16.4. The molecule has 0 spiro atoms. The van der Waals surface area contributed by atoms with Crippen molar-refractivity contribution in [3.05, 3.63) is 35.9 Å². The third-order valence-corrected chi connectivity index (χ3v) is 2.31. The van der Waals surface area contributed by atoms with Crippen LogP contribution in [-0.2, 0) is 14.4 Å². The van der Waals surface area contributed by atoms with Crippen LogP contribution >= 0.6 is 0 Å². The number of carbonyl (C=O) groups is 3. The van der Waals surface area contributed by atoms with E-state index < -0.39 is 37.0 Å². The number of hydrogen-bond donors (Lipinski definition) is 3. The van der Waals surface area contributed by atoms with E-state index in [1.54, 1.807) is 18.2 Å². The summed E-state index contributed by atoms with van der Waals surface area (Å²) in [5.41, 5.74) is 0.272. The maximum absolute atomic E-state index is 11.9. The summed E-state index contributed by atoms with van der Waals surface area (Å²) in [6, 6.07) is 7.87. The van der Waals surface area contributed by atoms with E-state index in [9.17, 15) is 19.5 Å². The van der Waals surface area contributed by atoms with Crippen LogP contribution in [0.5, 0.6) is 0 Å². The number of carboxylic acid groups (broad SMARTS) is 2. The van der Waals surface area contributed by atoms with Crippen LogP contribution in [0, 0.1) is 0 Å². The molecule has 1 rings (SSSR count). The lowest BCUT2D eigenvalue weighted by atomic mass is 10.1. The lowest BCUT2D eigenvalue weighted by molar-refractivity contribution is -0.153. The topological polar surface area (TPSA) is 115 Å². The van der Waals surface area contributed by atoms with Crippen LogP contribution in [0.15, 0.2) is 30.3 Å². The number of nitrogens with zero attached hydrogens (tertiary/aromatic N) is 1. The molecule has 1 amide bonds. The molecule has 102 valence electrons. The predicted molar refractivity (Wildman–Crippen MR) is 63.3 cm³/mol. The van der Waals surface area contributed by atoms with Gasteiger partial charge in [-0.3, -0.25) is 14.4 Å². The van der Waals surface area contributed by atoms with Gasteiger partial charge in [0.15, 0.2) is 6.10 Å². The van der Waals surface area contributed by atoms with Crippen molar-refractivity contribution in [2.75, 3.05) is 13.1 Å². The molecule has 0 aromatic heterocycles. The van der Waals surface area contributed by atoms with Crippen molar-refractivity contribution in [1.82, 2.24) is 4.90 Å². The van der Waals surface area contributed by atoms with E-state index in [2.05, 4.69) is 0 Å². The first-order chi connectivity index (χ1) is 8.91. The molecule has 7 nitrogen and oxygen atoms in total. The molecule has 0 heterocycles. The van der Waals surface area contributed by atoms with Crippen molar-refractivity contribution in [2.45, 2.75) is 6.10 Å². The molecule has 0 saturated carbocycles. The maximum Gasteiger partial charge on any atom is 0.323 e. The molecular formula is C12H13NO6. The zero-order valence-corrected chi connectivity index (χ0v) is 9.89. The second-order valence-electron chi connectivity index (χ2n) is 3.79. The molecule has 0 bridgehead atoms. The van der Waals surface area contributed by atoms with Crippen molar-refractivity contribution in [3.8, 4) is 0 Å². The monoisotopic (exact) mass is 267 g/mol. The molecule has 0 saturated heterocycles. The first kappa shape index (κ1) is 14.7. The number of aliphatic hydroxyl groups is 1. The third-order valence-electron chi connectivity index (χ3n) is 2.31. The number of carboxylic acids is 2. The van der Waals surface area contributed by atoms with E-state index in [4.69, 9.17) is 10.2 Å². The summed E-state index contributed by atoms with van der Waals surface area (Å²) in [6.07, 6.45) is -1.58. The fraction of sp³-hybridized carbons (Fsp3) is 0.250. The Morgan fingerprint density at radius 3 is 1.89 bits per heavy atom. The van der Waals surface area contributed by atoms with Crippen molar-refractivity contribution in [1.29, 1.82) is 0 Å². The van der Waals surface area contributed by atoms with Crippen molar-refractivity contribution >= 4 is 17.8 Å². The van der Waals surface area contributed by atoms with Crippen LogP contribution in [0.3, 0.4) is 0 Å². The van der Waals surface area contributed by atoms with Gasteiger partial charge >= 0.3 is 11.9 Å². The Balaban J connectivity index is 2.86. The summed E-state index contributed by atoms with van der Waals surface area (Å²) in [4.78, 5) is 33.6. The third kappa shape index (κ3) is 4.40. The number of carbonyl (C=O) groups excluding carboxylic acids is 1. The van der Waals surface area contributed by atoms with Crippen LogP contribution in [0.25, 0.3) is 0 Å². The smallest absolute Gasteiger partial charge is 0.323 e. The van der Waals surface area contributed by atoms with Crippen LogP contribution < -0.4 is 0 Å². The van der Waals surface area contributed by atoms with Gasteiger partial charge < -0.3 is 20.2 Å². The lowest BCUT2D eigenvalue weighted by Crippen LogP contribution is -2.42. The minimum Gasteiger partial charge on any atom is -0.480 e. The molecule has 7 heteroatoms. The van der Waals surface area contributed by atoms with Crippen molar-refractivity contribution in [2.24, 2.45) is 0 Å². The Morgan fingerprint density at radius 2 is 1.47 bits per heavy atom. The summed E-state index contributed by atoms with van der Waals surface area (Å²) in [6.45, 7) is -1.57. The van der Waals surface area contributed by atoms with Crippen LogP contribution in [0.1, 0.15) is 11.7 Å². The number of amides is 1. The Hall–Kier alpha value is -2.41. The van der Waals surface area contributed by atoms with E-state index in [0.717, 1.165) is 0 Å². The van der Waals surface area contributed by atoms with Crippen molar-refractivity contribution in [3.63, 3.8) is 0 Å². The highest BCUT2D eigenvalue weighted by Crippen LogP contribution is 2.15. The lowest BCUT2D eigenvalue weighted by Gasteiger charge is -2.21. The first-order valence-corrected chi connectivity index (χ1v) is 5.37.